The highest BCUT2D eigenvalue weighted by atomic mass is 16.2. The predicted octanol–water partition coefficient (Wildman–Crippen LogP) is -1.08. The third-order valence-electron chi connectivity index (χ3n) is 2.36. The normalized spacial score (nSPS) is 10.9. The minimum absolute atomic E-state index is 0.00731. The number of nitrogens with two attached hydrogens (primary N) is 1. The lowest BCUT2D eigenvalue weighted by atomic mass is 9.92. The number of nitrogens with one attached hydrogen (secondary N) is 1. The van der Waals surface area contributed by atoms with Crippen molar-refractivity contribution in [3.63, 3.8) is 0 Å². The number of amides is 1. The molecule has 7 heteroatoms. The molecule has 0 unspecified atom stereocenters. The molecule has 1 aromatic heterocycles. The molecule has 0 aromatic carbocycles. The number of aromatic amines is 1. The molecule has 0 saturated carbocycles. The molecule has 17 heavy (non-hydrogen) atoms. The van der Waals surface area contributed by atoms with E-state index in [0.717, 1.165) is 10.8 Å². The van der Waals surface area contributed by atoms with Gasteiger partial charge in [0.05, 0.1) is 5.41 Å². The van der Waals surface area contributed by atoms with Crippen molar-refractivity contribution >= 4 is 5.91 Å². The Labute approximate surface area is 96.5 Å². The molecule has 1 heterocycles. The minimum Gasteiger partial charge on any atom is -0.369 e. The highest BCUT2D eigenvalue weighted by Crippen LogP contribution is 2.15. The number of nitriles is 1. The Morgan fingerprint density at radius 3 is 2.65 bits per heavy atom. The summed E-state index contributed by atoms with van der Waals surface area (Å²) in [6.07, 6.45) is 1.12. The quantitative estimate of drug-likeness (QED) is 0.693. The summed E-state index contributed by atoms with van der Waals surface area (Å²) in [5.74, 6) is -0.575. The van der Waals surface area contributed by atoms with Gasteiger partial charge in [0.15, 0.2) is 0 Å². The lowest BCUT2D eigenvalue weighted by Gasteiger charge is -2.21. The average Bonchev–Trinajstić information content (AvgIpc) is 2.21. The molecule has 1 rings (SSSR count). The van der Waals surface area contributed by atoms with Gasteiger partial charge >= 0.3 is 5.69 Å². The van der Waals surface area contributed by atoms with E-state index in [-0.39, 0.29) is 12.1 Å². The Kier molecular flexibility index (Phi) is 3.18. The van der Waals surface area contributed by atoms with E-state index in [9.17, 15) is 14.4 Å². The summed E-state index contributed by atoms with van der Waals surface area (Å²) in [5.41, 5.74) is 2.62. The second-order valence-corrected chi connectivity index (χ2v) is 4.29. The van der Waals surface area contributed by atoms with Crippen LogP contribution >= 0.6 is 0 Å². The fourth-order valence-corrected chi connectivity index (χ4v) is 1.21. The molecule has 0 fully saturated rings. The van der Waals surface area contributed by atoms with E-state index < -0.39 is 22.6 Å². The summed E-state index contributed by atoms with van der Waals surface area (Å²) in [7, 11) is 0. The van der Waals surface area contributed by atoms with Gasteiger partial charge < -0.3 is 5.73 Å². The van der Waals surface area contributed by atoms with Crippen LogP contribution in [0.1, 0.15) is 19.4 Å². The van der Waals surface area contributed by atoms with Crippen molar-refractivity contribution in [1.29, 1.82) is 5.26 Å². The summed E-state index contributed by atoms with van der Waals surface area (Å²) < 4.78 is 1.09. The molecule has 3 N–H and O–H groups in total. The molecule has 0 bridgehead atoms. The molecule has 1 amide bonds. The molecule has 0 aliphatic rings. The van der Waals surface area contributed by atoms with Crippen molar-refractivity contribution in [2.45, 2.75) is 20.4 Å². The van der Waals surface area contributed by atoms with Crippen LogP contribution in [0.5, 0.6) is 0 Å². The molecular weight excluding hydrogens is 224 g/mol. The van der Waals surface area contributed by atoms with Crippen molar-refractivity contribution < 1.29 is 4.79 Å². The summed E-state index contributed by atoms with van der Waals surface area (Å²) in [6, 6.07) is 1.66. The zero-order valence-electron chi connectivity index (χ0n) is 9.48. The van der Waals surface area contributed by atoms with Crippen molar-refractivity contribution in [2.75, 3.05) is 0 Å². The van der Waals surface area contributed by atoms with E-state index in [0.29, 0.717) is 0 Å². The second kappa shape index (κ2) is 4.25. The van der Waals surface area contributed by atoms with Crippen LogP contribution in [-0.4, -0.2) is 15.5 Å². The van der Waals surface area contributed by atoms with Crippen LogP contribution in [-0.2, 0) is 11.3 Å². The molecule has 0 spiro atoms. The van der Waals surface area contributed by atoms with E-state index in [1.54, 1.807) is 19.9 Å². The van der Waals surface area contributed by atoms with Crippen molar-refractivity contribution in [3.05, 3.63) is 32.6 Å². The highest BCUT2D eigenvalue weighted by Gasteiger charge is 2.26. The Morgan fingerprint density at radius 2 is 2.18 bits per heavy atom. The molecule has 0 radical (unpaired) electrons. The summed E-state index contributed by atoms with van der Waals surface area (Å²) in [4.78, 5) is 35.7. The number of H-pyrrole nitrogens is 1. The molecule has 7 nitrogen and oxygen atoms in total. The lowest BCUT2D eigenvalue weighted by Crippen LogP contribution is -2.40. The van der Waals surface area contributed by atoms with Gasteiger partial charge in [-0.15, -0.1) is 0 Å². The van der Waals surface area contributed by atoms with E-state index >= 15 is 0 Å². The third kappa shape index (κ3) is 2.60. The van der Waals surface area contributed by atoms with Crippen LogP contribution in [0.3, 0.4) is 0 Å². The molecule has 0 aliphatic carbocycles. The first-order valence-electron chi connectivity index (χ1n) is 4.81. The molecule has 0 atom stereocenters. The fraction of sp³-hybridized carbons (Fsp3) is 0.400. The van der Waals surface area contributed by atoms with Crippen LogP contribution in [0.25, 0.3) is 0 Å². The average molecular weight is 236 g/mol. The maximum Gasteiger partial charge on any atom is 0.328 e. The number of primary amides is 1. The smallest absolute Gasteiger partial charge is 0.328 e. The number of hydrogen-bond acceptors (Lipinski definition) is 4. The standard InChI is InChI=1S/C10H12N4O3/c1-10(2,8(12)16)5-14-4-6(3-11)7(15)13-9(14)17/h4H,5H2,1-2H3,(H2,12,16)(H,13,15,17). The van der Waals surface area contributed by atoms with Gasteiger partial charge in [0.25, 0.3) is 5.56 Å². The Hall–Kier alpha value is -2.36. The van der Waals surface area contributed by atoms with Gasteiger partial charge in [0.2, 0.25) is 5.91 Å². The van der Waals surface area contributed by atoms with E-state index in [2.05, 4.69) is 0 Å². The summed E-state index contributed by atoms with van der Waals surface area (Å²) in [6.45, 7) is 3.13. The van der Waals surface area contributed by atoms with Gasteiger partial charge in [-0.1, -0.05) is 0 Å². The first-order valence-corrected chi connectivity index (χ1v) is 4.81. The topological polar surface area (TPSA) is 122 Å². The third-order valence-corrected chi connectivity index (χ3v) is 2.36. The van der Waals surface area contributed by atoms with E-state index in [1.165, 1.54) is 0 Å². The van der Waals surface area contributed by atoms with Gasteiger partial charge in [-0.2, -0.15) is 5.26 Å². The van der Waals surface area contributed by atoms with Crippen molar-refractivity contribution in [3.8, 4) is 6.07 Å². The molecule has 0 saturated heterocycles. The number of nitrogens with zero attached hydrogens (tertiary/aromatic N) is 2. The van der Waals surface area contributed by atoms with Gasteiger partial charge in [-0.3, -0.25) is 19.1 Å². The van der Waals surface area contributed by atoms with Crippen LogP contribution < -0.4 is 17.0 Å². The zero-order valence-corrected chi connectivity index (χ0v) is 9.48. The first kappa shape index (κ1) is 12.7. The van der Waals surface area contributed by atoms with Crippen LogP contribution in [0.2, 0.25) is 0 Å². The molecule has 0 aliphatic heterocycles. The number of aromatic nitrogens is 2. The monoisotopic (exact) mass is 236 g/mol. The maximum atomic E-state index is 11.5. The summed E-state index contributed by atoms with van der Waals surface area (Å²) >= 11 is 0. The van der Waals surface area contributed by atoms with Gasteiger partial charge in [-0.25, -0.2) is 4.79 Å². The van der Waals surface area contributed by atoms with Crippen LogP contribution in [0.15, 0.2) is 15.8 Å². The van der Waals surface area contributed by atoms with E-state index in [4.69, 9.17) is 11.0 Å². The Bertz CT molecular complexity index is 603. The molecule has 90 valence electrons. The highest BCUT2D eigenvalue weighted by molar-refractivity contribution is 5.79. The number of hydrogen-bond donors (Lipinski definition) is 2. The van der Waals surface area contributed by atoms with E-state index in [1.807, 2.05) is 4.98 Å². The van der Waals surface area contributed by atoms with Crippen molar-refractivity contribution in [2.24, 2.45) is 11.1 Å². The zero-order chi connectivity index (χ0) is 13.2. The largest absolute Gasteiger partial charge is 0.369 e. The van der Waals surface area contributed by atoms with Gasteiger partial charge in [0.1, 0.15) is 11.6 Å². The second-order valence-electron chi connectivity index (χ2n) is 4.29. The first-order chi connectivity index (χ1) is 7.77. The Balaban J connectivity index is 3.27. The number of carbonyl (C=O) groups excluding carboxylic acids is 1. The Morgan fingerprint density at radius 1 is 1.59 bits per heavy atom. The van der Waals surface area contributed by atoms with Gasteiger partial charge in [-0.05, 0) is 13.8 Å². The van der Waals surface area contributed by atoms with Crippen molar-refractivity contribution in [1.82, 2.24) is 9.55 Å². The molecule has 1 aromatic rings. The fourth-order valence-electron chi connectivity index (χ4n) is 1.21. The predicted molar refractivity (Wildman–Crippen MR) is 59.0 cm³/mol. The number of carbonyl (C=O) groups is 1. The number of rotatable bonds is 3. The summed E-state index contributed by atoms with van der Waals surface area (Å²) in [5, 5.41) is 8.66. The lowest BCUT2D eigenvalue weighted by molar-refractivity contribution is -0.126. The van der Waals surface area contributed by atoms with Crippen LogP contribution in [0.4, 0.5) is 0 Å². The maximum absolute atomic E-state index is 11.5. The minimum atomic E-state index is -0.950. The van der Waals surface area contributed by atoms with Gasteiger partial charge in [0, 0.05) is 12.7 Å². The molecular formula is C10H12N4O3. The van der Waals surface area contributed by atoms with Crippen LogP contribution in [0, 0.1) is 16.7 Å². The SMILES string of the molecule is CC(C)(Cn1cc(C#N)c(=O)[nH]c1=O)C(N)=O.